The predicted molar refractivity (Wildman–Crippen MR) is 99.9 cm³/mol. The lowest BCUT2D eigenvalue weighted by Crippen LogP contribution is -2.50. The molecule has 3 heterocycles. The van der Waals surface area contributed by atoms with E-state index in [1.807, 2.05) is 9.80 Å². The van der Waals surface area contributed by atoms with Gasteiger partial charge in [0.2, 0.25) is 12.7 Å². The minimum Gasteiger partial charge on any atom is -0.454 e. The molecule has 0 aliphatic carbocycles. The van der Waals surface area contributed by atoms with Crippen molar-refractivity contribution in [1.29, 1.82) is 0 Å². The molecule has 0 radical (unpaired) electrons. The molecule has 0 bridgehead atoms. The third kappa shape index (κ3) is 4.18. The van der Waals surface area contributed by atoms with Crippen molar-refractivity contribution in [2.75, 3.05) is 46.1 Å². The van der Waals surface area contributed by atoms with Crippen LogP contribution in [0.4, 0.5) is 0 Å². The molecule has 4 rings (SSSR count). The highest BCUT2D eigenvalue weighted by Crippen LogP contribution is 2.32. The number of nitrogens with zero attached hydrogens (tertiary/aromatic N) is 2. The number of ether oxygens (including phenoxy) is 2. The van der Waals surface area contributed by atoms with Crippen molar-refractivity contribution in [3.63, 3.8) is 0 Å². The Labute approximate surface area is 159 Å². The summed E-state index contributed by atoms with van der Waals surface area (Å²) in [5, 5.41) is 3.36. The molecule has 0 unspecified atom stereocenters. The van der Waals surface area contributed by atoms with Crippen molar-refractivity contribution in [2.24, 2.45) is 5.92 Å². The second-order valence-corrected chi connectivity index (χ2v) is 7.47. The third-order valence-electron chi connectivity index (χ3n) is 5.76. The summed E-state index contributed by atoms with van der Waals surface area (Å²) in [7, 11) is 0. The molecule has 0 atom stereocenters. The smallest absolute Gasteiger partial charge is 0.254 e. The van der Waals surface area contributed by atoms with E-state index in [4.69, 9.17) is 9.47 Å². The van der Waals surface area contributed by atoms with Gasteiger partial charge in [-0.2, -0.15) is 0 Å². The number of hydrogen-bond donors (Lipinski definition) is 1. The molecule has 146 valence electrons. The summed E-state index contributed by atoms with van der Waals surface area (Å²) in [5.41, 5.74) is 0.602. The van der Waals surface area contributed by atoms with Crippen LogP contribution in [-0.4, -0.2) is 67.7 Å². The van der Waals surface area contributed by atoms with Crippen molar-refractivity contribution in [2.45, 2.75) is 25.7 Å². The SMILES string of the molecule is O=C(CCC1CCNCC1)N1CCN(C(=O)c2ccc3c(c2)OCO3)CC1. The standard InChI is InChI=1S/C20H27N3O4/c24-19(4-1-15-5-7-21-8-6-15)22-9-11-23(12-10-22)20(25)16-2-3-17-18(13-16)27-14-26-17/h2-3,13,15,21H,1,4-12,14H2. The van der Waals surface area contributed by atoms with Crippen LogP contribution in [0.2, 0.25) is 0 Å². The van der Waals surface area contributed by atoms with Gasteiger partial charge < -0.3 is 24.6 Å². The monoisotopic (exact) mass is 373 g/mol. The van der Waals surface area contributed by atoms with Crippen molar-refractivity contribution >= 4 is 11.8 Å². The maximum atomic E-state index is 12.7. The van der Waals surface area contributed by atoms with E-state index in [0.29, 0.717) is 55.6 Å². The molecule has 0 aromatic heterocycles. The Balaban J connectivity index is 1.25. The summed E-state index contributed by atoms with van der Waals surface area (Å²) < 4.78 is 10.6. The van der Waals surface area contributed by atoms with Crippen molar-refractivity contribution in [1.82, 2.24) is 15.1 Å². The molecule has 1 aromatic carbocycles. The first-order chi connectivity index (χ1) is 13.2. The number of piperidine rings is 1. The van der Waals surface area contributed by atoms with Crippen molar-refractivity contribution < 1.29 is 19.1 Å². The zero-order valence-electron chi connectivity index (χ0n) is 15.6. The van der Waals surface area contributed by atoms with Crippen molar-refractivity contribution in [3.8, 4) is 11.5 Å². The fraction of sp³-hybridized carbons (Fsp3) is 0.600. The first-order valence-corrected chi connectivity index (χ1v) is 9.88. The molecule has 2 fully saturated rings. The van der Waals surface area contributed by atoms with E-state index in [-0.39, 0.29) is 18.6 Å². The summed E-state index contributed by atoms with van der Waals surface area (Å²) >= 11 is 0. The number of carbonyl (C=O) groups excluding carboxylic acids is 2. The van der Waals surface area contributed by atoms with Gasteiger partial charge in [-0.05, 0) is 56.5 Å². The van der Waals surface area contributed by atoms with E-state index in [0.717, 1.165) is 19.5 Å². The lowest BCUT2D eigenvalue weighted by atomic mass is 9.93. The highest BCUT2D eigenvalue weighted by Gasteiger charge is 2.26. The molecule has 27 heavy (non-hydrogen) atoms. The fourth-order valence-corrected chi connectivity index (χ4v) is 4.03. The first kappa shape index (κ1) is 18.1. The largest absolute Gasteiger partial charge is 0.454 e. The lowest BCUT2D eigenvalue weighted by molar-refractivity contribution is -0.133. The minimum atomic E-state index is -0.0184. The molecule has 3 aliphatic heterocycles. The molecular weight excluding hydrogens is 346 g/mol. The van der Waals surface area contributed by atoms with Crippen LogP contribution in [0.15, 0.2) is 18.2 Å². The Morgan fingerprint density at radius 2 is 1.70 bits per heavy atom. The number of hydrogen-bond acceptors (Lipinski definition) is 5. The van der Waals surface area contributed by atoms with Crippen LogP contribution < -0.4 is 14.8 Å². The van der Waals surface area contributed by atoms with Crippen LogP contribution in [0.3, 0.4) is 0 Å². The number of carbonyl (C=O) groups is 2. The number of benzene rings is 1. The van der Waals surface area contributed by atoms with E-state index in [1.54, 1.807) is 18.2 Å². The van der Waals surface area contributed by atoms with Gasteiger partial charge in [-0.15, -0.1) is 0 Å². The number of amides is 2. The quantitative estimate of drug-likeness (QED) is 0.866. The number of rotatable bonds is 4. The molecule has 2 amide bonds. The summed E-state index contributed by atoms with van der Waals surface area (Å²) in [6.45, 7) is 4.71. The third-order valence-corrected chi connectivity index (χ3v) is 5.76. The van der Waals surface area contributed by atoms with E-state index in [2.05, 4.69) is 5.32 Å². The molecular formula is C20H27N3O4. The Bertz CT molecular complexity index is 694. The zero-order chi connectivity index (χ0) is 18.6. The van der Waals surface area contributed by atoms with Gasteiger partial charge in [-0.1, -0.05) is 0 Å². The van der Waals surface area contributed by atoms with E-state index in [9.17, 15) is 9.59 Å². The summed E-state index contributed by atoms with van der Waals surface area (Å²) in [5.74, 6) is 2.17. The maximum Gasteiger partial charge on any atom is 0.254 e. The predicted octanol–water partition coefficient (Wildman–Crippen LogP) is 1.48. The first-order valence-electron chi connectivity index (χ1n) is 9.88. The molecule has 0 spiro atoms. The average Bonchev–Trinajstić information content (AvgIpc) is 3.20. The molecule has 2 saturated heterocycles. The normalized spacial score (nSPS) is 20.0. The Kier molecular flexibility index (Phi) is 5.48. The second kappa shape index (κ2) is 8.17. The summed E-state index contributed by atoms with van der Waals surface area (Å²) in [6, 6.07) is 5.28. The molecule has 3 aliphatic rings. The average molecular weight is 373 g/mol. The number of nitrogens with one attached hydrogen (secondary N) is 1. The number of fused-ring (bicyclic) bond motifs is 1. The Morgan fingerprint density at radius 1 is 1.00 bits per heavy atom. The van der Waals surface area contributed by atoms with Crippen LogP contribution in [0.5, 0.6) is 11.5 Å². The van der Waals surface area contributed by atoms with Gasteiger partial charge in [0.15, 0.2) is 11.5 Å². The summed E-state index contributed by atoms with van der Waals surface area (Å²) in [6.07, 6.45) is 3.95. The van der Waals surface area contributed by atoms with Crippen molar-refractivity contribution in [3.05, 3.63) is 23.8 Å². The Morgan fingerprint density at radius 3 is 2.48 bits per heavy atom. The molecule has 0 saturated carbocycles. The van der Waals surface area contributed by atoms with E-state index < -0.39 is 0 Å². The van der Waals surface area contributed by atoms with E-state index in [1.165, 1.54) is 12.8 Å². The van der Waals surface area contributed by atoms with Gasteiger partial charge in [0.25, 0.3) is 5.91 Å². The zero-order valence-corrected chi connectivity index (χ0v) is 15.6. The lowest BCUT2D eigenvalue weighted by Gasteiger charge is -2.35. The second-order valence-electron chi connectivity index (χ2n) is 7.47. The molecule has 1 N–H and O–H groups in total. The Hall–Kier alpha value is -2.28. The minimum absolute atomic E-state index is 0.0184. The molecule has 7 heteroatoms. The van der Waals surface area contributed by atoms with Gasteiger partial charge in [0.05, 0.1) is 0 Å². The number of piperazine rings is 1. The van der Waals surface area contributed by atoms with Crippen LogP contribution in [0.1, 0.15) is 36.0 Å². The molecule has 1 aromatic rings. The summed E-state index contributed by atoms with van der Waals surface area (Å²) in [4.78, 5) is 28.9. The highest BCUT2D eigenvalue weighted by molar-refractivity contribution is 5.95. The topological polar surface area (TPSA) is 71.1 Å². The van der Waals surface area contributed by atoms with E-state index >= 15 is 0 Å². The fourth-order valence-electron chi connectivity index (χ4n) is 4.03. The van der Waals surface area contributed by atoms with Gasteiger partial charge in [0, 0.05) is 38.2 Å². The van der Waals surface area contributed by atoms with Gasteiger partial charge in [-0.25, -0.2) is 0 Å². The van der Waals surface area contributed by atoms with Crippen LogP contribution in [0.25, 0.3) is 0 Å². The highest BCUT2D eigenvalue weighted by atomic mass is 16.7. The van der Waals surface area contributed by atoms with Gasteiger partial charge in [0.1, 0.15) is 0 Å². The van der Waals surface area contributed by atoms with Gasteiger partial charge in [-0.3, -0.25) is 9.59 Å². The molecule has 7 nitrogen and oxygen atoms in total. The van der Waals surface area contributed by atoms with Crippen LogP contribution in [-0.2, 0) is 4.79 Å². The van der Waals surface area contributed by atoms with Gasteiger partial charge >= 0.3 is 0 Å². The van der Waals surface area contributed by atoms with Crippen LogP contribution in [0, 0.1) is 5.92 Å². The van der Waals surface area contributed by atoms with Crippen LogP contribution >= 0.6 is 0 Å². The maximum absolute atomic E-state index is 12.7.